The van der Waals surface area contributed by atoms with E-state index in [1.54, 1.807) is 6.08 Å². The SMILES string of the molecule is C=CCNC(=O)CN1CCC[C@@H]1CN1CCCCC1. The van der Waals surface area contributed by atoms with Crippen molar-refractivity contribution in [2.24, 2.45) is 0 Å². The Balaban J connectivity index is 1.75. The third-order valence-corrected chi connectivity index (χ3v) is 4.21. The predicted octanol–water partition coefficient (Wildman–Crippen LogP) is 1.24. The van der Waals surface area contributed by atoms with Crippen molar-refractivity contribution in [2.45, 2.75) is 38.1 Å². The van der Waals surface area contributed by atoms with Crippen LogP contribution in [0.3, 0.4) is 0 Å². The van der Waals surface area contributed by atoms with Gasteiger partial charge in [0.1, 0.15) is 0 Å². The molecule has 0 aromatic rings. The van der Waals surface area contributed by atoms with Gasteiger partial charge in [0.15, 0.2) is 0 Å². The van der Waals surface area contributed by atoms with Crippen LogP contribution in [0.25, 0.3) is 0 Å². The van der Waals surface area contributed by atoms with Gasteiger partial charge in [0, 0.05) is 19.1 Å². The van der Waals surface area contributed by atoms with E-state index in [-0.39, 0.29) is 5.91 Å². The fraction of sp³-hybridized carbons (Fsp3) is 0.800. The quantitative estimate of drug-likeness (QED) is 0.734. The molecule has 4 heteroatoms. The molecule has 2 rings (SSSR count). The second-order valence-corrected chi connectivity index (χ2v) is 5.72. The minimum Gasteiger partial charge on any atom is -0.352 e. The highest BCUT2D eigenvalue weighted by Gasteiger charge is 2.28. The first-order valence-electron chi connectivity index (χ1n) is 7.63. The zero-order chi connectivity index (χ0) is 13.5. The summed E-state index contributed by atoms with van der Waals surface area (Å²) in [4.78, 5) is 16.7. The molecule has 0 bridgehead atoms. The molecule has 19 heavy (non-hydrogen) atoms. The van der Waals surface area contributed by atoms with Crippen molar-refractivity contribution in [1.29, 1.82) is 0 Å². The topological polar surface area (TPSA) is 35.6 Å². The molecule has 2 heterocycles. The minimum atomic E-state index is 0.130. The van der Waals surface area contributed by atoms with Gasteiger partial charge in [-0.25, -0.2) is 0 Å². The van der Waals surface area contributed by atoms with Crippen LogP contribution in [-0.2, 0) is 4.79 Å². The van der Waals surface area contributed by atoms with Crippen LogP contribution in [0.15, 0.2) is 12.7 Å². The molecule has 0 saturated carbocycles. The minimum absolute atomic E-state index is 0.130. The largest absolute Gasteiger partial charge is 0.352 e. The Hall–Kier alpha value is -0.870. The number of hydrogen-bond donors (Lipinski definition) is 1. The standard InChI is InChI=1S/C15H27N3O/c1-2-8-16-15(19)13-18-11-6-7-14(18)12-17-9-4-3-5-10-17/h2,14H,1,3-13H2,(H,16,19)/t14-/m1/s1. The van der Waals surface area contributed by atoms with Crippen LogP contribution < -0.4 is 5.32 Å². The lowest BCUT2D eigenvalue weighted by Crippen LogP contribution is -2.45. The lowest BCUT2D eigenvalue weighted by Gasteiger charge is -2.32. The Bertz CT molecular complexity index is 300. The molecule has 0 aromatic heterocycles. The van der Waals surface area contributed by atoms with Crippen LogP contribution >= 0.6 is 0 Å². The summed E-state index contributed by atoms with van der Waals surface area (Å²) in [6, 6.07) is 0.576. The van der Waals surface area contributed by atoms with Crippen LogP contribution in [0, 0.1) is 0 Å². The van der Waals surface area contributed by atoms with Gasteiger partial charge >= 0.3 is 0 Å². The van der Waals surface area contributed by atoms with Crippen molar-refractivity contribution in [3.05, 3.63) is 12.7 Å². The Morgan fingerprint density at radius 3 is 2.74 bits per heavy atom. The molecule has 2 aliphatic rings. The molecule has 1 N–H and O–H groups in total. The lowest BCUT2D eigenvalue weighted by atomic mass is 10.1. The zero-order valence-electron chi connectivity index (χ0n) is 11.9. The van der Waals surface area contributed by atoms with E-state index < -0.39 is 0 Å². The van der Waals surface area contributed by atoms with E-state index in [1.807, 2.05) is 0 Å². The van der Waals surface area contributed by atoms with Crippen LogP contribution in [0.1, 0.15) is 32.1 Å². The lowest BCUT2D eigenvalue weighted by molar-refractivity contribution is -0.122. The first-order chi connectivity index (χ1) is 9.29. The number of rotatable bonds is 6. The van der Waals surface area contributed by atoms with Crippen molar-refractivity contribution >= 4 is 5.91 Å². The van der Waals surface area contributed by atoms with E-state index in [9.17, 15) is 4.79 Å². The first-order valence-corrected chi connectivity index (χ1v) is 7.63. The molecule has 2 aliphatic heterocycles. The number of likely N-dealkylation sites (tertiary alicyclic amines) is 2. The molecular weight excluding hydrogens is 238 g/mol. The van der Waals surface area contributed by atoms with Crippen LogP contribution in [0.2, 0.25) is 0 Å². The van der Waals surface area contributed by atoms with E-state index in [0.717, 1.165) is 13.1 Å². The van der Waals surface area contributed by atoms with E-state index in [1.165, 1.54) is 45.2 Å². The van der Waals surface area contributed by atoms with Crippen molar-refractivity contribution in [1.82, 2.24) is 15.1 Å². The molecule has 0 aromatic carbocycles. The Kier molecular flexibility index (Phi) is 5.86. The molecule has 1 atom stereocenters. The van der Waals surface area contributed by atoms with E-state index in [2.05, 4.69) is 21.7 Å². The second-order valence-electron chi connectivity index (χ2n) is 5.72. The molecular formula is C15H27N3O. The molecule has 1 amide bonds. The molecule has 108 valence electrons. The van der Waals surface area contributed by atoms with Crippen molar-refractivity contribution < 1.29 is 4.79 Å². The molecule has 4 nitrogen and oxygen atoms in total. The number of hydrogen-bond acceptors (Lipinski definition) is 3. The second kappa shape index (κ2) is 7.65. The highest BCUT2D eigenvalue weighted by atomic mass is 16.2. The van der Waals surface area contributed by atoms with Gasteiger partial charge in [0.05, 0.1) is 6.54 Å². The van der Waals surface area contributed by atoms with Gasteiger partial charge in [-0.05, 0) is 45.3 Å². The maximum Gasteiger partial charge on any atom is 0.234 e. The van der Waals surface area contributed by atoms with Gasteiger partial charge in [0.2, 0.25) is 5.91 Å². The summed E-state index contributed by atoms with van der Waals surface area (Å²) in [6.45, 7) is 9.45. The number of piperidine rings is 1. The molecule has 0 aliphatic carbocycles. The molecule has 0 spiro atoms. The average Bonchev–Trinajstić information content (AvgIpc) is 2.85. The molecule has 0 unspecified atom stereocenters. The monoisotopic (exact) mass is 265 g/mol. The summed E-state index contributed by atoms with van der Waals surface area (Å²) in [6.07, 6.45) is 8.26. The van der Waals surface area contributed by atoms with Gasteiger partial charge in [-0.3, -0.25) is 9.69 Å². The van der Waals surface area contributed by atoms with Crippen molar-refractivity contribution in [2.75, 3.05) is 39.3 Å². The van der Waals surface area contributed by atoms with Crippen LogP contribution in [0.5, 0.6) is 0 Å². The Labute approximate surface area is 116 Å². The summed E-state index contributed by atoms with van der Waals surface area (Å²) in [5, 5.41) is 2.87. The number of nitrogens with zero attached hydrogens (tertiary/aromatic N) is 2. The normalized spacial score (nSPS) is 25.4. The van der Waals surface area contributed by atoms with Gasteiger partial charge in [-0.15, -0.1) is 6.58 Å². The van der Waals surface area contributed by atoms with Gasteiger partial charge in [-0.2, -0.15) is 0 Å². The first kappa shape index (κ1) is 14.5. The fourth-order valence-corrected chi connectivity index (χ4v) is 3.18. The molecule has 0 radical (unpaired) electrons. The van der Waals surface area contributed by atoms with E-state index >= 15 is 0 Å². The number of carbonyl (C=O) groups is 1. The van der Waals surface area contributed by atoms with Crippen molar-refractivity contribution in [3.63, 3.8) is 0 Å². The Morgan fingerprint density at radius 1 is 1.21 bits per heavy atom. The summed E-state index contributed by atoms with van der Waals surface area (Å²) < 4.78 is 0. The zero-order valence-corrected chi connectivity index (χ0v) is 11.9. The number of nitrogens with one attached hydrogen (secondary N) is 1. The summed E-state index contributed by atoms with van der Waals surface area (Å²) in [5.74, 6) is 0.130. The van der Waals surface area contributed by atoms with Crippen LogP contribution in [0.4, 0.5) is 0 Å². The maximum atomic E-state index is 11.8. The Morgan fingerprint density at radius 2 is 2.00 bits per heavy atom. The van der Waals surface area contributed by atoms with E-state index in [0.29, 0.717) is 19.1 Å². The maximum absolute atomic E-state index is 11.8. The summed E-state index contributed by atoms with van der Waals surface area (Å²) in [5.41, 5.74) is 0. The molecule has 2 fully saturated rings. The molecule has 2 saturated heterocycles. The van der Waals surface area contributed by atoms with Crippen molar-refractivity contribution in [3.8, 4) is 0 Å². The number of amides is 1. The van der Waals surface area contributed by atoms with Crippen LogP contribution in [-0.4, -0.2) is 61.0 Å². The summed E-state index contributed by atoms with van der Waals surface area (Å²) >= 11 is 0. The number of carbonyl (C=O) groups excluding carboxylic acids is 1. The van der Waals surface area contributed by atoms with Gasteiger partial charge in [0.25, 0.3) is 0 Å². The fourth-order valence-electron chi connectivity index (χ4n) is 3.18. The summed E-state index contributed by atoms with van der Waals surface area (Å²) in [7, 11) is 0. The third kappa shape index (κ3) is 4.62. The highest BCUT2D eigenvalue weighted by Crippen LogP contribution is 2.19. The average molecular weight is 265 g/mol. The van der Waals surface area contributed by atoms with Gasteiger partial charge in [-0.1, -0.05) is 12.5 Å². The predicted molar refractivity (Wildman–Crippen MR) is 78.1 cm³/mol. The van der Waals surface area contributed by atoms with E-state index in [4.69, 9.17) is 0 Å². The highest BCUT2D eigenvalue weighted by molar-refractivity contribution is 5.78. The smallest absolute Gasteiger partial charge is 0.234 e. The third-order valence-electron chi connectivity index (χ3n) is 4.21. The van der Waals surface area contributed by atoms with Gasteiger partial charge < -0.3 is 10.2 Å².